The standard InChI is InChI=1S/C16H21N3OS/c1-12-9-17-7-8-19(12)10-13-11-21-16(18-13)14-5-3-4-6-15(14)20-2/h3-6,11-12,17H,7-10H2,1-2H3/t12-/m1/s1. The van der Waals surface area contributed by atoms with Gasteiger partial charge in [0.2, 0.25) is 0 Å². The number of nitrogens with one attached hydrogen (secondary N) is 1. The van der Waals surface area contributed by atoms with E-state index in [4.69, 9.17) is 9.72 Å². The maximum absolute atomic E-state index is 5.42. The highest BCUT2D eigenvalue weighted by molar-refractivity contribution is 7.13. The number of benzene rings is 1. The first-order chi connectivity index (χ1) is 10.3. The molecule has 1 aliphatic heterocycles. The second-order valence-corrected chi connectivity index (χ2v) is 6.23. The molecule has 0 bridgehead atoms. The predicted octanol–water partition coefficient (Wildman–Crippen LogP) is 2.61. The minimum Gasteiger partial charge on any atom is -0.496 e. The van der Waals surface area contributed by atoms with Crippen LogP contribution in [0.25, 0.3) is 10.6 Å². The van der Waals surface area contributed by atoms with Crippen molar-refractivity contribution in [2.24, 2.45) is 0 Å². The molecule has 1 saturated heterocycles. The summed E-state index contributed by atoms with van der Waals surface area (Å²) in [5, 5.41) is 6.62. The Morgan fingerprint density at radius 2 is 2.29 bits per heavy atom. The van der Waals surface area contributed by atoms with Gasteiger partial charge in [0, 0.05) is 37.6 Å². The number of thiazole rings is 1. The van der Waals surface area contributed by atoms with Gasteiger partial charge in [0.1, 0.15) is 10.8 Å². The normalized spacial score (nSPS) is 19.6. The van der Waals surface area contributed by atoms with Crippen LogP contribution in [0.5, 0.6) is 5.75 Å². The van der Waals surface area contributed by atoms with Crippen molar-refractivity contribution in [2.45, 2.75) is 19.5 Å². The Labute approximate surface area is 129 Å². The summed E-state index contributed by atoms with van der Waals surface area (Å²) in [7, 11) is 1.70. The molecule has 4 nitrogen and oxygen atoms in total. The Bertz CT molecular complexity index is 599. The number of hydrogen-bond acceptors (Lipinski definition) is 5. The molecule has 1 aliphatic rings. The quantitative estimate of drug-likeness (QED) is 0.942. The van der Waals surface area contributed by atoms with Crippen LogP contribution in [0, 0.1) is 0 Å². The molecule has 21 heavy (non-hydrogen) atoms. The Morgan fingerprint density at radius 1 is 1.43 bits per heavy atom. The van der Waals surface area contributed by atoms with Gasteiger partial charge in [-0.15, -0.1) is 11.3 Å². The Balaban J connectivity index is 1.77. The molecule has 1 aromatic carbocycles. The third-order valence-corrected chi connectivity index (χ3v) is 4.82. The highest BCUT2D eigenvalue weighted by Crippen LogP contribution is 2.32. The Kier molecular flexibility index (Phi) is 4.53. The summed E-state index contributed by atoms with van der Waals surface area (Å²) in [4.78, 5) is 7.28. The van der Waals surface area contributed by atoms with Crippen LogP contribution in [0.4, 0.5) is 0 Å². The summed E-state index contributed by atoms with van der Waals surface area (Å²) in [5.41, 5.74) is 2.22. The Hall–Kier alpha value is -1.43. The maximum atomic E-state index is 5.42. The molecule has 1 N–H and O–H groups in total. The molecule has 2 aromatic rings. The maximum Gasteiger partial charge on any atom is 0.129 e. The summed E-state index contributed by atoms with van der Waals surface area (Å²) < 4.78 is 5.42. The summed E-state index contributed by atoms with van der Waals surface area (Å²) in [6.45, 7) is 6.40. The van der Waals surface area contributed by atoms with Crippen LogP contribution in [-0.2, 0) is 6.54 Å². The summed E-state index contributed by atoms with van der Waals surface area (Å²) in [6.07, 6.45) is 0. The lowest BCUT2D eigenvalue weighted by Crippen LogP contribution is -2.49. The van der Waals surface area contributed by atoms with Gasteiger partial charge in [-0.2, -0.15) is 0 Å². The van der Waals surface area contributed by atoms with Gasteiger partial charge in [-0.25, -0.2) is 4.98 Å². The van der Waals surface area contributed by atoms with Crippen LogP contribution in [0.1, 0.15) is 12.6 Å². The van der Waals surface area contributed by atoms with Gasteiger partial charge in [0.15, 0.2) is 0 Å². The van der Waals surface area contributed by atoms with Crippen LogP contribution in [0.3, 0.4) is 0 Å². The molecule has 0 aliphatic carbocycles. The fourth-order valence-corrected chi connectivity index (χ4v) is 3.49. The average Bonchev–Trinajstić information content (AvgIpc) is 2.98. The van der Waals surface area contributed by atoms with E-state index in [-0.39, 0.29) is 0 Å². The van der Waals surface area contributed by atoms with Crippen molar-refractivity contribution in [1.29, 1.82) is 0 Å². The van der Waals surface area contributed by atoms with Gasteiger partial charge in [0.25, 0.3) is 0 Å². The number of nitrogens with zero attached hydrogens (tertiary/aromatic N) is 2. The summed E-state index contributed by atoms with van der Waals surface area (Å²) >= 11 is 1.69. The third kappa shape index (κ3) is 3.26. The summed E-state index contributed by atoms with van der Waals surface area (Å²) in [6, 6.07) is 8.62. The largest absolute Gasteiger partial charge is 0.496 e. The zero-order chi connectivity index (χ0) is 14.7. The Morgan fingerprint density at radius 3 is 3.10 bits per heavy atom. The van der Waals surface area contributed by atoms with Crippen molar-refractivity contribution in [2.75, 3.05) is 26.7 Å². The smallest absolute Gasteiger partial charge is 0.129 e. The molecule has 0 radical (unpaired) electrons. The number of rotatable bonds is 4. The van der Waals surface area contributed by atoms with E-state index in [1.165, 1.54) is 0 Å². The van der Waals surface area contributed by atoms with Crippen molar-refractivity contribution < 1.29 is 4.74 Å². The van der Waals surface area contributed by atoms with Gasteiger partial charge in [-0.1, -0.05) is 12.1 Å². The van der Waals surface area contributed by atoms with Crippen molar-refractivity contribution >= 4 is 11.3 Å². The number of hydrogen-bond donors (Lipinski definition) is 1. The van der Waals surface area contributed by atoms with Crippen LogP contribution in [0.15, 0.2) is 29.6 Å². The van der Waals surface area contributed by atoms with E-state index >= 15 is 0 Å². The first-order valence-corrected chi connectivity index (χ1v) is 8.18. The van der Waals surface area contributed by atoms with E-state index in [1.807, 2.05) is 18.2 Å². The van der Waals surface area contributed by atoms with Gasteiger partial charge in [-0.3, -0.25) is 4.90 Å². The molecule has 1 aromatic heterocycles. The second-order valence-electron chi connectivity index (χ2n) is 5.37. The van der Waals surface area contributed by atoms with Crippen LogP contribution >= 0.6 is 11.3 Å². The zero-order valence-corrected chi connectivity index (χ0v) is 13.3. The number of para-hydroxylation sites is 1. The van der Waals surface area contributed by atoms with Crippen molar-refractivity contribution in [3.05, 3.63) is 35.3 Å². The molecule has 112 valence electrons. The fraction of sp³-hybridized carbons (Fsp3) is 0.438. The number of ether oxygens (including phenoxy) is 1. The fourth-order valence-electron chi connectivity index (χ4n) is 2.65. The van der Waals surface area contributed by atoms with E-state index in [9.17, 15) is 0 Å². The molecule has 5 heteroatoms. The molecule has 1 atom stereocenters. The van der Waals surface area contributed by atoms with Crippen molar-refractivity contribution in [3.8, 4) is 16.3 Å². The lowest BCUT2D eigenvalue weighted by Gasteiger charge is -2.33. The number of piperazine rings is 1. The molecular formula is C16H21N3OS. The second kappa shape index (κ2) is 6.56. The first kappa shape index (κ1) is 14.5. The highest BCUT2D eigenvalue weighted by atomic mass is 32.1. The topological polar surface area (TPSA) is 37.4 Å². The van der Waals surface area contributed by atoms with Crippen LogP contribution < -0.4 is 10.1 Å². The molecule has 0 spiro atoms. The van der Waals surface area contributed by atoms with E-state index in [1.54, 1.807) is 18.4 Å². The molecule has 0 unspecified atom stereocenters. The lowest BCUT2D eigenvalue weighted by molar-refractivity contribution is 0.164. The third-order valence-electron chi connectivity index (χ3n) is 3.89. The molecule has 0 saturated carbocycles. The zero-order valence-electron chi connectivity index (χ0n) is 12.5. The van der Waals surface area contributed by atoms with Crippen LogP contribution in [0.2, 0.25) is 0 Å². The highest BCUT2D eigenvalue weighted by Gasteiger charge is 2.19. The molecule has 0 amide bonds. The minimum atomic E-state index is 0.565. The van der Waals surface area contributed by atoms with Crippen LogP contribution in [-0.4, -0.2) is 42.7 Å². The van der Waals surface area contributed by atoms with Gasteiger partial charge < -0.3 is 10.1 Å². The predicted molar refractivity (Wildman–Crippen MR) is 86.8 cm³/mol. The SMILES string of the molecule is COc1ccccc1-c1nc(CN2CCNC[C@H]2C)cs1. The lowest BCUT2D eigenvalue weighted by atomic mass is 10.2. The van der Waals surface area contributed by atoms with Gasteiger partial charge in [-0.05, 0) is 19.1 Å². The van der Waals surface area contributed by atoms with Gasteiger partial charge in [0.05, 0.1) is 18.4 Å². The van der Waals surface area contributed by atoms with E-state index < -0.39 is 0 Å². The number of aromatic nitrogens is 1. The number of methoxy groups -OCH3 is 1. The van der Waals surface area contributed by atoms with E-state index in [0.717, 1.165) is 48.2 Å². The van der Waals surface area contributed by atoms with E-state index in [0.29, 0.717) is 6.04 Å². The average molecular weight is 303 g/mol. The van der Waals surface area contributed by atoms with Crippen molar-refractivity contribution in [1.82, 2.24) is 15.2 Å². The van der Waals surface area contributed by atoms with E-state index in [2.05, 4.69) is 28.6 Å². The summed E-state index contributed by atoms with van der Waals surface area (Å²) in [5.74, 6) is 0.883. The molecule has 2 heterocycles. The molecular weight excluding hydrogens is 282 g/mol. The van der Waals surface area contributed by atoms with Crippen molar-refractivity contribution in [3.63, 3.8) is 0 Å². The molecule has 3 rings (SSSR count). The van der Waals surface area contributed by atoms with Gasteiger partial charge >= 0.3 is 0 Å². The monoisotopic (exact) mass is 303 g/mol. The minimum absolute atomic E-state index is 0.565. The first-order valence-electron chi connectivity index (χ1n) is 7.30. The molecule has 1 fully saturated rings.